The average Bonchev–Trinajstić information content (AvgIpc) is 2.40. The Kier molecular flexibility index (Phi) is 4.58. The summed E-state index contributed by atoms with van der Waals surface area (Å²) < 4.78 is 18.4. The molecule has 0 radical (unpaired) electrons. The molecule has 6 heteroatoms. The van der Waals surface area contributed by atoms with Gasteiger partial charge in [0.1, 0.15) is 5.75 Å². The van der Waals surface area contributed by atoms with Crippen molar-refractivity contribution in [2.24, 2.45) is 5.92 Å². The van der Waals surface area contributed by atoms with Crippen LogP contribution in [0, 0.1) is 11.7 Å². The molecule has 1 aromatic heterocycles. The fraction of sp³-hybridized carbons (Fsp3) is 0.538. The van der Waals surface area contributed by atoms with Gasteiger partial charge in [0, 0.05) is 19.2 Å². The van der Waals surface area contributed by atoms with Crippen molar-refractivity contribution in [3.05, 3.63) is 23.2 Å². The molecule has 0 spiro atoms. The SMILES string of the molecule is CC1CCN(C(=O)COc2cnc(Cl)c(F)c2)CC1. The quantitative estimate of drug-likeness (QED) is 0.802. The van der Waals surface area contributed by atoms with Crippen LogP contribution in [0.5, 0.6) is 5.75 Å². The van der Waals surface area contributed by atoms with Gasteiger partial charge in [0.05, 0.1) is 6.20 Å². The summed E-state index contributed by atoms with van der Waals surface area (Å²) in [5.74, 6) is 0.140. The summed E-state index contributed by atoms with van der Waals surface area (Å²) in [6, 6.07) is 1.13. The Labute approximate surface area is 116 Å². The predicted octanol–water partition coefficient (Wildman–Crippen LogP) is 2.51. The lowest BCUT2D eigenvalue weighted by Gasteiger charge is -2.30. The fourth-order valence-electron chi connectivity index (χ4n) is 1.98. The lowest BCUT2D eigenvalue weighted by atomic mass is 9.99. The van der Waals surface area contributed by atoms with Crippen LogP contribution in [0.3, 0.4) is 0 Å². The summed E-state index contributed by atoms with van der Waals surface area (Å²) in [5, 5.41) is -0.205. The molecule has 4 nitrogen and oxygen atoms in total. The molecule has 1 saturated heterocycles. The summed E-state index contributed by atoms with van der Waals surface area (Å²) in [5.41, 5.74) is 0. The van der Waals surface area contributed by atoms with Crippen molar-refractivity contribution in [2.45, 2.75) is 19.8 Å². The smallest absolute Gasteiger partial charge is 0.260 e. The first-order valence-corrected chi connectivity index (χ1v) is 6.65. The number of halogens is 2. The van der Waals surface area contributed by atoms with Crippen molar-refractivity contribution in [2.75, 3.05) is 19.7 Å². The second kappa shape index (κ2) is 6.19. The van der Waals surface area contributed by atoms with E-state index in [4.69, 9.17) is 16.3 Å². The second-order valence-electron chi connectivity index (χ2n) is 4.80. The molecular formula is C13H16ClFN2O2. The van der Waals surface area contributed by atoms with Gasteiger partial charge in [-0.3, -0.25) is 4.79 Å². The van der Waals surface area contributed by atoms with Crippen LogP contribution in [0.15, 0.2) is 12.3 Å². The number of piperidine rings is 1. The number of pyridine rings is 1. The van der Waals surface area contributed by atoms with Crippen molar-refractivity contribution in [3.8, 4) is 5.75 Å². The first-order valence-electron chi connectivity index (χ1n) is 6.28. The molecule has 104 valence electrons. The minimum atomic E-state index is -0.654. The van der Waals surface area contributed by atoms with Gasteiger partial charge in [-0.15, -0.1) is 0 Å². The van der Waals surface area contributed by atoms with Crippen LogP contribution in [0.25, 0.3) is 0 Å². The third-order valence-electron chi connectivity index (χ3n) is 3.27. The molecule has 1 fully saturated rings. The minimum Gasteiger partial charge on any atom is -0.482 e. The van der Waals surface area contributed by atoms with Crippen LogP contribution < -0.4 is 4.74 Å². The maximum atomic E-state index is 13.1. The summed E-state index contributed by atoms with van der Waals surface area (Å²) in [6.07, 6.45) is 3.34. The summed E-state index contributed by atoms with van der Waals surface area (Å²) >= 11 is 5.46. The summed E-state index contributed by atoms with van der Waals surface area (Å²) in [4.78, 5) is 17.3. The van der Waals surface area contributed by atoms with E-state index in [1.165, 1.54) is 6.20 Å². The number of carbonyl (C=O) groups is 1. The second-order valence-corrected chi connectivity index (χ2v) is 5.15. The van der Waals surface area contributed by atoms with Crippen LogP contribution in [-0.2, 0) is 4.79 Å². The van der Waals surface area contributed by atoms with Gasteiger partial charge in [-0.1, -0.05) is 18.5 Å². The van der Waals surface area contributed by atoms with Gasteiger partial charge in [-0.2, -0.15) is 0 Å². The molecule has 0 saturated carbocycles. The highest BCUT2D eigenvalue weighted by atomic mass is 35.5. The molecule has 0 bridgehead atoms. The molecule has 0 aliphatic carbocycles. The highest BCUT2D eigenvalue weighted by molar-refractivity contribution is 6.29. The Morgan fingerprint density at radius 1 is 1.58 bits per heavy atom. The maximum Gasteiger partial charge on any atom is 0.260 e. The largest absolute Gasteiger partial charge is 0.482 e. The average molecular weight is 287 g/mol. The van der Waals surface area contributed by atoms with Gasteiger partial charge in [0.2, 0.25) is 0 Å². The molecule has 0 aromatic carbocycles. The molecule has 19 heavy (non-hydrogen) atoms. The number of hydrogen-bond acceptors (Lipinski definition) is 3. The van der Waals surface area contributed by atoms with Crippen molar-refractivity contribution in [1.29, 1.82) is 0 Å². The Bertz CT molecular complexity index is 462. The zero-order valence-electron chi connectivity index (χ0n) is 10.7. The zero-order valence-corrected chi connectivity index (χ0v) is 11.5. The molecule has 2 rings (SSSR count). The molecule has 0 unspecified atom stereocenters. The molecule has 1 aliphatic heterocycles. The third kappa shape index (κ3) is 3.80. The van der Waals surface area contributed by atoms with E-state index in [2.05, 4.69) is 11.9 Å². The lowest BCUT2D eigenvalue weighted by Crippen LogP contribution is -2.40. The Hall–Kier alpha value is -1.36. The number of amides is 1. The Morgan fingerprint density at radius 3 is 2.89 bits per heavy atom. The van der Waals surface area contributed by atoms with E-state index in [9.17, 15) is 9.18 Å². The maximum absolute atomic E-state index is 13.1. The molecule has 2 heterocycles. The van der Waals surface area contributed by atoms with E-state index < -0.39 is 5.82 Å². The van der Waals surface area contributed by atoms with Crippen LogP contribution in [0.1, 0.15) is 19.8 Å². The highest BCUT2D eigenvalue weighted by Crippen LogP contribution is 2.18. The summed E-state index contributed by atoms with van der Waals surface area (Å²) in [7, 11) is 0. The number of nitrogens with zero attached hydrogens (tertiary/aromatic N) is 2. The third-order valence-corrected chi connectivity index (χ3v) is 3.55. The van der Waals surface area contributed by atoms with Gasteiger partial charge in [0.25, 0.3) is 5.91 Å². The van der Waals surface area contributed by atoms with E-state index >= 15 is 0 Å². The number of ether oxygens (including phenoxy) is 1. The topological polar surface area (TPSA) is 42.4 Å². The minimum absolute atomic E-state index is 0.0812. The Balaban J connectivity index is 1.84. The standard InChI is InChI=1S/C13H16ClFN2O2/c1-9-2-4-17(5-3-9)12(18)8-19-10-6-11(15)13(14)16-7-10/h6-7,9H,2-5,8H2,1H3. The number of rotatable bonds is 3. The first-order chi connectivity index (χ1) is 9.06. The van der Waals surface area contributed by atoms with Crippen molar-refractivity contribution in [1.82, 2.24) is 9.88 Å². The van der Waals surface area contributed by atoms with E-state index in [1.54, 1.807) is 4.90 Å². The predicted molar refractivity (Wildman–Crippen MR) is 69.7 cm³/mol. The van der Waals surface area contributed by atoms with Gasteiger partial charge < -0.3 is 9.64 Å². The number of carbonyl (C=O) groups excluding carboxylic acids is 1. The fourth-order valence-corrected chi connectivity index (χ4v) is 2.08. The van der Waals surface area contributed by atoms with Crippen LogP contribution in [0.2, 0.25) is 5.15 Å². The monoisotopic (exact) mass is 286 g/mol. The molecule has 1 amide bonds. The van der Waals surface area contributed by atoms with E-state index in [0.717, 1.165) is 32.0 Å². The van der Waals surface area contributed by atoms with Crippen LogP contribution in [0.4, 0.5) is 4.39 Å². The zero-order chi connectivity index (χ0) is 13.8. The van der Waals surface area contributed by atoms with Crippen LogP contribution >= 0.6 is 11.6 Å². The van der Waals surface area contributed by atoms with Gasteiger partial charge >= 0.3 is 0 Å². The highest BCUT2D eigenvalue weighted by Gasteiger charge is 2.20. The number of hydrogen-bond donors (Lipinski definition) is 0. The van der Waals surface area contributed by atoms with E-state index in [0.29, 0.717) is 5.92 Å². The lowest BCUT2D eigenvalue weighted by molar-refractivity contribution is -0.134. The first kappa shape index (κ1) is 14.1. The molecule has 1 aromatic rings. The molecule has 0 atom stereocenters. The van der Waals surface area contributed by atoms with Crippen LogP contribution in [-0.4, -0.2) is 35.5 Å². The Morgan fingerprint density at radius 2 is 2.26 bits per heavy atom. The van der Waals surface area contributed by atoms with Crippen molar-refractivity contribution >= 4 is 17.5 Å². The normalized spacial score (nSPS) is 16.5. The molecule has 1 aliphatic rings. The van der Waals surface area contributed by atoms with Gasteiger partial charge in [-0.05, 0) is 18.8 Å². The molecular weight excluding hydrogens is 271 g/mol. The molecule has 0 N–H and O–H groups in total. The van der Waals surface area contributed by atoms with Crippen molar-refractivity contribution < 1.29 is 13.9 Å². The van der Waals surface area contributed by atoms with Crippen molar-refractivity contribution in [3.63, 3.8) is 0 Å². The van der Waals surface area contributed by atoms with E-state index in [1.807, 2.05) is 0 Å². The number of likely N-dealkylation sites (tertiary alicyclic amines) is 1. The summed E-state index contributed by atoms with van der Waals surface area (Å²) in [6.45, 7) is 3.60. The van der Waals surface area contributed by atoms with Gasteiger partial charge in [-0.25, -0.2) is 9.37 Å². The number of aromatic nitrogens is 1. The van der Waals surface area contributed by atoms with Gasteiger partial charge in [0.15, 0.2) is 17.6 Å². The van der Waals surface area contributed by atoms with E-state index in [-0.39, 0.29) is 23.4 Å².